The van der Waals surface area contributed by atoms with E-state index in [0.717, 1.165) is 13.1 Å². The van der Waals surface area contributed by atoms with Crippen molar-refractivity contribution in [1.82, 2.24) is 5.32 Å². The molecule has 0 amide bonds. The fourth-order valence-corrected chi connectivity index (χ4v) is 2.45. The van der Waals surface area contributed by atoms with E-state index in [0.29, 0.717) is 6.61 Å². The maximum atomic E-state index is 9.37. The van der Waals surface area contributed by atoms with Crippen LogP contribution in [0.5, 0.6) is 0 Å². The zero-order valence-electron chi connectivity index (χ0n) is 10.9. The molecule has 0 bridgehead atoms. The Morgan fingerprint density at radius 1 is 1.24 bits per heavy atom. The van der Waals surface area contributed by atoms with Crippen molar-refractivity contribution in [3.8, 4) is 0 Å². The predicted octanol–water partition coefficient (Wildman–Crippen LogP) is 2.56. The lowest BCUT2D eigenvalue weighted by molar-refractivity contribution is 0.0445. The summed E-state index contributed by atoms with van der Waals surface area (Å²) < 4.78 is 0. The van der Waals surface area contributed by atoms with Crippen molar-refractivity contribution < 1.29 is 5.11 Å². The monoisotopic (exact) mass is 233 g/mol. The second-order valence-corrected chi connectivity index (χ2v) is 5.53. The van der Waals surface area contributed by atoms with E-state index < -0.39 is 0 Å². The summed E-state index contributed by atoms with van der Waals surface area (Å²) in [6.07, 6.45) is 3.61. The van der Waals surface area contributed by atoms with Crippen molar-refractivity contribution in [1.29, 1.82) is 0 Å². The molecule has 17 heavy (non-hydrogen) atoms. The van der Waals surface area contributed by atoms with Crippen molar-refractivity contribution in [3.63, 3.8) is 0 Å². The van der Waals surface area contributed by atoms with Crippen molar-refractivity contribution in [3.05, 3.63) is 34.9 Å². The van der Waals surface area contributed by atoms with Crippen LogP contribution < -0.4 is 5.32 Å². The summed E-state index contributed by atoms with van der Waals surface area (Å²) in [4.78, 5) is 0. The first-order chi connectivity index (χ1) is 8.15. The summed E-state index contributed by atoms with van der Waals surface area (Å²) in [5.41, 5.74) is 4.21. The average Bonchev–Trinajstić information content (AvgIpc) is 2.27. The molecule has 1 aromatic rings. The number of aliphatic hydroxyl groups is 1. The van der Waals surface area contributed by atoms with Gasteiger partial charge in [0.05, 0.1) is 0 Å². The van der Waals surface area contributed by atoms with Crippen LogP contribution >= 0.6 is 0 Å². The number of benzene rings is 1. The van der Waals surface area contributed by atoms with E-state index in [4.69, 9.17) is 0 Å². The Morgan fingerprint density at radius 3 is 2.53 bits per heavy atom. The Labute approximate surface area is 104 Å². The molecule has 0 aromatic heterocycles. The Bertz CT molecular complexity index is 377. The summed E-state index contributed by atoms with van der Waals surface area (Å²) in [7, 11) is 0. The van der Waals surface area contributed by atoms with Crippen LogP contribution in [-0.4, -0.2) is 18.3 Å². The fourth-order valence-electron chi connectivity index (χ4n) is 2.45. The minimum atomic E-state index is 0.180. The smallest absolute Gasteiger partial charge is 0.0499 e. The second-order valence-electron chi connectivity index (χ2n) is 5.53. The molecule has 94 valence electrons. The van der Waals surface area contributed by atoms with Gasteiger partial charge in [0.25, 0.3) is 0 Å². The number of rotatable bonds is 5. The number of nitrogens with one attached hydrogen (secondary N) is 1. The zero-order chi connectivity index (χ0) is 12.3. The van der Waals surface area contributed by atoms with Crippen LogP contribution in [0.1, 0.15) is 36.0 Å². The molecule has 2 nitrogen and oxygen atoms in total. The van der Waals surface area contributed by atoms with E-state index in [-0.39, 0.29) is 5.41 Å². The second kappa shape index (κ2) is 5.19. The molecule has 2 N–H and O–H groups in total. The molecule has 1 aromatic carbocycles. The van der Waals surface area contributed by atoms with Crippen molar-refractivity contribution in [2.24, 2.45) is 5.41 Å². The standard InChI is InChI=1S/C15H23NO/c1-12-4-5-14(8-13(12)2)9-16-10-15(11-17)6-3-7-15/h4-5,8,16-17H,3,6-7,9-11H2,1-2H3. The van der Waals surface area contributed by atoms with Gasteiger partial charge in [0, 0.05) is 25.1 Å². The van der Waals surface area contributed by atoms with E-state index in [1.807, 2.05) is 0 Å². The van der Waals surface area contributed by atoms with Gasteiger partial charge in [0.2, 0.25) is 0 Å². The highest BCUT2D eigenvalue weighted by Gasteiger charge is 2.35. The summed E-state index contributed by atoms with van der Waals surface area (Å²) >= 11 is 0. The van der Waals surface area contributed by atoms with Crippen LogP contribution in [0.25, 0.3) is 0 Å². The maximum Gasteiger partial charge on any atom is 0.0499 e. The van der Waals surface area contributed by atoms with Gasteiger partial charge in [0.1, 0.15) is 0 Å². The van der Waals surface area contributed by atoms with E-state index in [1.54, 1.807) is 0 Å². The summed E-state index contributed by atoms with van der Waals surface area (Å²) in [6, 6.07) is 6.61. The molecule has 0 heterocycles. The minimum absolute atomic E-state index is 0.180. The van der Waals surface area contributed by atoms with Gasteiger partial charge in [-0.1, -0.05) is 24.6 Å². The molecule has 1 saturated carbocycles. The highest BCUT2D eigenvalue weighted by molar-refractivity contribution is 5.29. The van der Waals surface area contributed by atoms with Crippen LogP contribution in [0.3, 0.4) is 0 Å². The Kier molecular flexibility index (Phi) is 3.85. The molecule has 0 unspecified atom stereocenters. The number of hydrogen-bond donors (Lipinski definition) is 2. The Morgan fingerprint density at radius 2 is 2.00 bits per heavy atom. The molecule has 0 saturated heterocycles. The van der Waals surface area contributed by atoms with Gasteiger partial charge in [-0.05, 0) is 43.4 Å². The first kappa shape index (κ1) is 12.6. The third-order valence-electron chi connectivity index (χ3n) is 4.15. The predicted molar refractivity (Wildman–Crippen MR) is 71.0 cm³/mol. The van der Waals surface area contributed by atoms with Crippen LogP contribution in [-0.2, 0) is 6.54 Å². The third kappa shape index (κ3) is 2.88. The molecule has 0 spiro atoms. The van der Waals surface area contributed by atoms with Gasteiger partial charge >= 0.3 is 0 Å². The molecule has 0 atom stereocenters. The molecule has 1 fully saturated rings. The Hall–Kier alpha value is -0.860. The maximum absolute atomic E-state index is 9.37. The molecule has 1 aliphatic rings. The van der Waals surface area contributed by atoms with Gasteiger partial charge in [-0.15, -0.1) is 0 Å². The zero-order valence-corrected chi connectivity index (χ0v) is 10.9. The summed E-state index contributed by atoms with van der Waals surface area (Å²) in [5, 5.41) is 12.9. The number of aryl methyl sites for hydroxylation is 2. The van der Waals surface area contributed by atoms with Crippen LogP contribution in [0, 0.1) is 19.3 Å². The first-order valence-corrected chi connectivity index (χ1v) is 6.53. The van der Waals surface area contributed by atoms with E-state index in [2.05, 4.69) is 37.4 Å². The van der Waals surface area contributed by atoms with Gasteiger partial charge in [-0.3, -0.25) is 0 Å². The molecular formula is C15H23NO. The van der Waals surface area contributed by atoms with Crippen LogP contribution in [0.4, 0.5) is 0 Å². The van der Waals surface area contributed by atoms with Crippen LogP contribution in [0.15, 0.2) is 18.2 Å². The van der Waals surface area contributed by atoms with Gasteiger partial charge in [0.15, 0.2) is 0 Å². The molecular weight excluding hydrogens is 210 g/mol. The lowest BCUT2D eigenvalue weighted by Gasteiger charge is -2.40. The topological polar surface area (TPSA) is 32.3 Å². The van der Waals surface area contributed by atoms with E-state index in [1.165, 1.54) is 36.0 Å². The molecule has 2 rings (SSSR count). The van der Waals surface area contributed by atoms with E-state index >= 15 is 0 Å². The minimum Gasteiger partial charge on any atom is -0.396 e. The summed E-state index contributed by atoms with van der Waals surface area (Å²) in [6.45, 7) is 6.47. The number of aliphatic hydroxyl groups excluding tert-OH is 1. The highest BCUT2D eigenvalue weighted by atomic mass is 16.3. The molecule has 0 aliphatic heterocycles. The SMILES string of the molecule is Cc1ccc(CNCC2(CO)CCC2)cc1C. The lowest BCUT2D eigenvalue weighted by atomic mass is 9.69. The van der Waals surface area contributed by atoms with Crippen molar-refractivity contribution >= 4 is 0 Å². The summed E-state index contributed by atoms with van der Waals surface area (Å²) in [5.74, 6) is 0. The first-order valence-electron chi connectivity index (χ1n) is 6.53. The van der Waals surface area contributed by atoms with Crippen LogP contribution in [0.2, 0.25) is 0 Å². The Balaban J connectivity index is 1.83. The van der Waals surface area contributed by atoms with Gasteiger partial charge in [-0.2, -0.15) is 0 Å². The van der Waals surface area contributed by atoms with Crippen molar-refractivity contribution in [2.75, 3.05) is 13.2 Å². The number of hydrogen-bond acceptors (Lipinski definition) is 2. The van der Waals surface area contributed by atoms with Crippen molar-refractivity contribution in [2.45, 2.75) is 39.7 Å². The molecule has 2 heteroatoms. The average molecular weight is 233 g/mol. The highest BCUT2D eigenvalue weighted by Crippen LogP contribution is 2.39. The molecule has 0 radical (unpaired) electrons. The third-order valence-corrected chi connectivity index (χ3v) is 4.15. The normalized spacial score (nSPS) is 17.8. The van der Waals surface area contributed by atoms with Gasteiger partial charge < -0.3 is 10.4 Å². The fraction of sp³-hybridized carbons (Fsp3) is 0.600. The lowest BCUT2D eigenvalue weighted by Crippen LogP contribution is -2.42. The van der Waals surface area contributed by atoms with Gasteiger partial charge in [-0.25, -0.2) is 0 Å². The largest absolute Gasteiger partial charge is 0.396 e. The quantitative estimate of drug-likeness (QED) is 0.819. The van der Waals surface area contributed by atoms with E-state index in [9.17, 15) is 5.11 Å². The molecule has 1 aliphatic carbocycles.